The van der Waals surface area contributed by atoms with Gasteiger partial charge in [-0.15, -0.1) is 0 Å². The largest absolute Gasteiger partial charge is 0.389 e. The van der Waals surface area contributed by atoms with Gasteiger partial charge in [-0.25, -0.2) is 5.14 Å². The van der Waals surface area contributed by atoms with E-state index in [1.807, 2.05) is 4.72 Å². The molecule has 0 radical (unpaired) electrons. The third-order valence-corrected chi connectivity index (χ3v) is 1.86. The number of hydrogen-bond donors (Lipinski definition) is 4. The molecule has 72 valence electrons. The highest BCUT2D eigenvalue weighted by atomic mass is 32.2. The van der Waals surface area contributed by atoms with Crippen molar-refractivity contribution in [2.45, 2.75) is 0 Å². The maximum absolute atomic E-state index is 10.6. The number of nitrogens with zero attached hydrogens (tertiary/aromatic N) is 1. The first-order valence-corrected chi connectivity index (χ1v) is 4.99. The van der Waals surface area contributed by atoms with Crippen molar-refractivity contribution in [1.82, 2.24) is 10.2 Å². The van der Waals surface area contributed by atoms with E-state index in [-0.39, 0.29) is 10.8 Å². The molecule has 0 aliphatic heterocycles. The number of nitrogens with two attached hydrogens (primary N) is 2. The molecule has 0 aliphatic rings. The smallest absolute Gasteiger partial charge is 0.297 e. The van der Waals surface area contributed by atoms with Gasteiger partial charge in [0, 0.05) is 0 Å². The Morgan fingerprint density at radius 1 is 1.69 bits per heavy atom. The fraction of sp³-hybridized carbons (Fsp3) is 0. The van der Waals surface area contributed by atoms with E-state index in [2.05, 4.69) is 22.4 Å². The molecule has 0 aromatic carbocycles. The van der Waals surface area contributed by atoms with Crippen LogP contribution in [0.5, 0.6) is 0 Å². The quantitative estimate of drug-likeness (QED) is 0.470. The molecule has 7 nitrogen and oxygen atoms in total. The number of anilines is 1. The lowest BCUT2D eigenvalue weighted by Gasteiger charge is -2.01. The van der Waals surface area contributed by atoms with Crippen molar-refractivity contribution in [2.24, 2.45) is 10.9 Å². The summed E-state index contributed by atoms with van der Waals surface area (Å²) in [6.45, 7) is 0. The van der Waals surface area contributed by atoms with Gasteiger partial charge in [-0.05, 0) is 0 Å². The second kappa shape index (κ2) is 3.28. The molecule has 1 aromatic heterocycles. The van der Waals surface area contributed by atoms with Gasteiger partial charge >= 0.3 is 0 Å². The second-order valence-electron chi connectivity index (χ2n) is 2.17. The molecule has 6 N–H and O–H groups in total. The predicted octanol–water partition coefficient (Wildman–Crippen LogP) is -1.34. The van der Waals surface area contributed by atoms with Crippen LogP contribution in [0.3, 0.4) is 0 Å². The topological polar surface area (TPSA) is 127 Å². The van der Waals surface area contributed by atoms with Crippen LogP contribution in [0.1, 0.15) is 5.56 Å². The Balaban J connectivity index is 3.02. The standard InChI is InChI=1S/C4H7N5O2S2/c5-3(12)2-1-7-8-4(2)9-13(6,10)11/h1H,(H2,5,12)(H2,6,10,11)(H2,7,8,9). The van der Waals surface area contributed by atoms with Gasteiger partial charge in [0.15, 0.2) is 0 Å². The summed E-state index contributed by atoms with van der Waals surface area (Å²) in [5, 5.41) is 10.6. The summed E-state index contributed by atoms with van der Waals surface area (Å²) in [7, 11) is -3.84. The molecule has 0 saturated carbocycles. The van der Waals surface area contributed by atoms with Crippen molar-refractivity contribution >= 4 is 33.2 Å². The maximum Gasteiger partial charge on any atom is 0.297 e. The van der Waals surface area contributed by atoms with Gasteiger partial charge in [0.25, 0.3) is 10.2 Å². The molecule has 1 heterocycles. The van der Waals surface area contributed by atoms with E-state index >= 15 is 0 Å². The van der Waals surface area contributed by atoms with Gasteiger partial charge in [0.1, 0.15) is 10.8 Å². The van der Waals surface area contributed by atoms with E-state index in [4.69, 9.17) is 10.9 Å². The molecule has 0 aliphatic carbocycles. The lowest BCUT2D eigenvalue weighted by Crippen LogP contribution is -2.23. The number of aromatic nitrogens is 2. The number of rotatable bonds is 3. The van der Waals surface area contributed by atoms with Crippen LogP contribution in [-0.2, 0) is 10.2 Å². The monoisotopic (exact) mass is 221 g/mol. The number of thiocarbonyl (C=S) groups is 1. The Hall–Kier alpha value is -1.19. The van der Waals surface area contributed by atoms with E-state index in [0.29, 0.717) is 5.56 Å². The van der Waals surface area contributed by atoms with Gasteiger partial charge < -0.3 is 5.73 Å². The Labute approximate surface area is 79.7 Å². The predicted molar refractivity (Wildman–Crippen MR) is 51.2 cm³/mol. The van der Waals surface area contributed by atoms with E-state index < -0.39 is 10.2 Å². The molecule has 0 unspecified atom stereocenters. The van der Waals surface area contributed by atoms with Gasteiger partial charge in [0.2, 0.25) is 0 Å². The zero-order valence-electron chi connectivity index (χ0n) is 6.31. The van der Waals surface area contributed by atoms with E-state index in [9.17, 15) is 8.42 Å². The van der Waals surface area contributed by atoms with Crippen LogP contribution in [0.2, 0.25) is 0 Å². The Bertz CT molecular complexity index is 421. The lowest BCUT2D eigenvalue weighted by atomic mass is 10.3. The molecule has 9 heteroatoms. The molecule has 0 fully saturated rings. The highest BCUT2D eigenvalue weighted by Crippen LogP contribution is 2.10. The average molecular weight is 221 g/mol. The Morgan fingerprint density at radius 3 is 2.77 bits per heavy atom. The van der Waals surface area contributed by atoms with Crippen molar-refractivity contribution in [3.63, 3.8) is 0 Å². The van der Waals surface area contributed by atoms with Crippen molar-refractivity contribution in [2.75, 3.05) is 4.72 Å². The van der Waals surface area contributed by atoms with Crippen LogP contribution < -0.4 is 15.6 Å². The number of hydrogen-bond acceptors (Lipinski definition) is 4. The fourth-order valence-electron chi connectivity index (χ4n) is 0.693. The first kappa shape index (κ1) is 9.89. The molecule has 0 bridgehead atoms. The lowest BCUT2D eigenvalue weighted by molar-refractivity contribution is 0.602. The SMILES string of the molecule is NC(=S)c1cn[nH]c1NS(N)(=O)=O. The third-order valence-electron chi connectivity index (χ3n) is 1.15. The minimum atomic E-state index is -3.84. The molecule has 0 saturated heterocycles. The zero-order chi connectivity index (χ0) is 10.1. The van der Waals surface area contributed by atoms with Gasteiger partial charge in [-0.1, -0.05) is 12.2 Å². The minimum absolute atomic E-state index is 0.0277. The second-order valence-corrected chi connectivity index (χ2v) is 3.90. The number of aromatic amines is 1. The summed E-state index contributed by atoms with van der Waals surface area (Å²) < 4.78 is 23.2. The fourth-order valence-corrected chi connectivity index (χ4v) is 1.29. The Kier molecular flexibility index (Phi) is 2.50. The summed E-state index contributed by atoms with van der Waals surface area (Å²) in [5.41, 5.74) is 5.57. The van der Waals surface area contributed by atoms with E-state index in [1.165, 1.54) is 6.20 Å². The molecular formula is C4H7N5O2S2. The molecule has 1 rings (SSSR count). The summed E-state index contributed by atoms with van der Waals surface area (Å²) in [5.74, 6) is 0.0648. The van der Waals surface area contributed by atoms with Crippen LogP contribution in [0, 0.1) is 0 Å². The third kappa shape index (κ3) is 2.65. The maximum atomic E-state index is 10.6. The first-order valence-electron chi connectivity index (χ1n) is 3.04. The normalized spacial score (nSPS) is 11.2. The van der Waals surface area contributed by atoms with Crippen LogP contribution in [0.25, 0.3) is 0 Å². The first-order chi connectivity index (χ1) is 5.90. The molecule has 0 amide bonds. The van der Waals surface area contributed by atoms with Crippen LogP contribution in [-0.4, -0.2) is 23.6 Å². The van der Waals surface area contributed by atoms with Crippen LogP contribution >= 0.6 is 12.2 Å². The van der Waals surface area contributed by atoms with Crippen LogP contribution in [0.15, 0.2) is 6.20 Å². The molecule has 1 aromatic rings. The number of nitrogens with one attached hydrogen (secondary N) is 2. The summed E-state index contributed by atoms with van der Waals surface area (Å²) >= 11 is 4.63. The van der Waals surface area contributed by atoms with Gasteiger partial charge in [-0.3, -0.25) is 9.82 Å². The zero-order valence-corrected chi connectivity index (χ0v) is 7.95. The van der Waals surface area contributed by atoms with Crippen molar-refractivity contribution in [3.8, 4) is 0 Å². The van der Waals surface area contributed by atoms with Gasteiger partial charge in [-0.2, -0.15) is 13.5 Å². The summed E-state index contributed by atoms with van der Waals surface area (Å²) in [6, 6.07) is 0. The molecular weight excluding hydrogens is 214 g/mol. The van der Waals surface area contributed by atoms with Crippen LogP contribution in [0.4, 0.5) is 5.82 Å². The Morgan fingerprint density at radius 2 is 2.31 bits per heavy atom. The molecule has 13 heavy (non-hydrogen) atoms. The molecule has 0 spiro atoms. The highest BCUT2D eigenvalue weighted by Gasteiger charge is 2.11. The molecule has 0 atom stereocenters. The summed E-state index contributed by atoms with van der Waals surface area (Å²) in [4.78, 5) is 0.0277. The highest BCUT2D eigenvalue weighted by molar-refractivity contribution is 7.90. The van der Waals surface area contributed by atoms with Crippen molar-refractivity contribution < 1.29 is 8.42 Å². The summed E-state index contributed by atoms with van der Waals surface area (Å²) in [6.07, 6.45) is 1.30. The van der Waals surface area contributed by atoms with Crippen molar-refractivity contribution in [1.29, 1.82) is 0 Å². The minimum Gasteiger partial charge on any atom is -0.389 e. The number of H-pyrrole nitrogens is 1. The van der Waals surface area contributed by atoms with E-state index in [1.54, 1.807) is 0 Å². The van der Waals surface area contributed by atoms with Gasteiger partial charge in [0.05, 0.1) is 11.8 Å². The average Bonchev–Trinajstić information content (AvgIpc) is 2.31. The van der Waals surface area contributed by atoms with E-state index in [0.717, 1.165) is 0 Å². The van der Waals surface area contributed by atoms with Crippen molar-refractivity contribution in [3.05, 3.63) is 11.8 Å².